The second kappa shape index (κ2) is 6.84. The molecule has 1 saturated heterocycles. The largest absolute Gasteiger partial charge is 0.391 e. The third-order valence-electron chi connectivity index (χ3n) is 5.05. The highest BCUT2D eigenvalue weighted by atomic mass is 16.6. The first-order valence-electron chi connectivity index (χ1n) is 8.68. The lowest BCUT2D eigenvalue weighted by molar-refractivity contribution is -0.129. The first-order valence-corrected chi connectivity index (χ1v) is 8.68. The number of aliphatic hydroxyl groups is 1. The summed E-state index contributed by atoms with van der Waals surface area (Å²) in [5, 5.41) is 19.0. The van der Waals surface area contributed by atoms with Gasteiger partial charge in [-0.2, -0.15) is 0 Å². The first kappa shape index (κ1) is 16.7. The maximum absolute atomic E-state index is 12.5. The number of rotatable bonds is 4. The third kappa shape index (κ3) is 3.17. The van der Waals surface area contributed by atoms with Crippen molar-refractivity contribution in [3.8, 4) is 0 Å². The normalized spacial score (nSPS) is 20.0. The smallest absolute Gasteiger partial charge is 0.228 e. The Morgan fingerprint density at radius 2 is 2.12 bits per heavy atom. The topological polar surface area (TPSA) is 92.4 Å². The molecule has 7 heteroatoms. The van der Waals surface area contributed by atoms with Crippen molar-refractivity contribution in [3.63, 3.8) is 0 Å². The van der Waals surface area contributed by atoms with E-state index in [1.165, 1.54) is 0 Å². The molecule has 0 spiro atoms. The van der Waals surface area contributed by atoms with Crippen LogP contribution in [0, 0.1) is 12.8 Å². The number of aryl methyl sites for hydroxylation is 1. The van der Waals surface area contributed by atoms with Crippen LogP contribution in [-0.4, -0.2) is 50.4 Å². The molecule has 0 radical (unpaired) electrons. The maximum atomic E-state index is 12.5. The van der Waals surface area contributed by atoms with E-state index >= 15 is 0 Å². The summed E-state index contributed by atoms with van der Waals surface area (Å²) < 4.78 is 4.64. The van der Waals surface area contributed by atoms with E-state index in [-0.39, 0.29) is 18.2 Å². The number of nitrogens with zero attached hydrogens (tertiary/aromatic N) is 4. The molecule has 1 aliphatic heterocycles. The molecule has 26 heavy (non-hydrogen) atoms. The molecule has 134 valence electrons. The molecule has 2 atom stereocenters. The number of para-hydroxylation sites is 1. The number of benzene rings is 1. The minimum Gasteiger partial charge on any atom is -0.391 e. The van der Waals surface area contributed by atoms with Gasteiger partial charge >= 0.3 is 0 Å². The SMILES string of the molecule is Cc1nonc1CC(=O)N1C[C@@H](Cc2ccnc3ccccc23)[C@@H](O)C1. The van der Waals surface area contributed by atoms with Crippen molar-refractivity contribution >= 4 is 16.8 Å². The number of carbonyl (C=O) groups excluding carboxylic acids is 1. The summed E-state index contributed by atoms with van der Waals surface area (Å²) in [6.07, 6.45) is 2.11. The fourth-order valence-electron chi connectivity index (χ4n) is 3.54. The Balaban J connectivity index is 1.47. The second-order valence-electron chi connectivity index (χ2n) is 6.79. The van der Waals surface area contributed by atoms with Crippen molar-refractivity contribution in [1.82, 2.24) is 20.2 Å². The van der Waals surface area contributed by atoms with E-state index in [1.807, 2.05) is 30.3 Å². The second-order valence-corrected chi connectivity index (χ2v) is 6.79. The standard InChI is InChI=1S/C19H20N4O3/c1-12-17(22-26-21-12)9-19(25)23-10-14(18(24)11-23)8-13-6-7-20-16-5-3-2-4-15(13)16/h2-7,14,18,24H,8-11H2,1H3/t14-,18+/m1/s1. The fraction of sp³-hybridized carbons (Fsp3) is 0.368. The number of carbonyl (C=O) groups is 1. The van der Waals surface area contributed by atoms with Crippen LogP contribution in [0.25, 0.3) is 10.9 Å². The molecule has 1 aromatic carbocycles. The van der Waals surface area contributed by atoms with E-state index in [1.54, 1.807) is 18.0 Å². The molecule has 1 amide bonds. The first-order chi connectivity index (χ1) is 12.6. The fourth-order valence-corrected chi connectivity index (χ4v) is 3.54. The van der Waals surface area contributed by atoms with Gasteiger partial charge in [-0.1, -0.05) is 28.5 Å². The van der Waals surface area contributed by atoms with Gasteiger partial charge < -0.3 is 10.0 Å². The Kier molecular flexibility index (Phi) is 4.38. The van der Waals surface area contributed by atoms with Crippen molar-refractivity contribution in [2.75, 3.05) is 13.1 Å². The molecule has 0 aliphatic carbocycles. The minimum atomic E-state index is -0.539. The van der Waals surface area contributed by atoms with Gasteiger partial charge in [0, 0.05) is 30.6 Å². The highest BCUT2D eigenvalue weighted by Gasteiger charge is 2.34. The predicted octanol–water partition coefficient (Wildman–Crippen LogP) is 1.53. The average Bonchev–Trinajstić information content (AvgIpc) is 3.21. The molecule has 2 aromatic heterocycles. The summed E-state index contributed by atoms with van der Waals surface area (Å²) in [6.45, 7) is 2.63. The lowest BCUT2D eigenvalue weighted by Crippen LogP contribution is -2.31. The van der Waals surface area contributed by atoms with Crippen molar-refractivity contribution in [3.05, 3.63) is 53.5 Å². The molecule has 0 unspecified atom stereocenters. The number of fused-ring (bicyclic) bond motifs is 1. The zero-order chi connectivity index (χ0) is 18.1. The average molecular weight is 352 g/mol. The molecule has 0 saturated carbocycles. The number of hydrogen-bond acceptors (Lipinski definition) is 6. The van der Waals surface area contributed by atoms with Gasteiger partial charge in [0.15, 0.2) is 0 Å². The molecule has 1 fully saturated rings. The Bertz CT molecular complexity index is 934. The number of aromatic nitrogens is 3. The van der Waals surface area contributed by atoms with Crippen LogP contribution in [0.1, 0.15) is 17.0 Å². The van der Waals surface area contributed by atoms with Crippen molar-refractivity contribution in [2.24, 2.45) is 5.92 Å². The number of hydrogen-bond donors (Lipinski definition) is 1. The lowest BCUT2D eigenvalue weighted by atomic mass is 9.94. The Morgan fingerprint density at radius 3 is 2.92 bits per heavy atom. The zero-order valence-corrected chi connectivity index (χ0v) is 14.5. The maximum Gasteiger partial charge on any atom is 0.228 e. The Hall–Kier alpha value is -2.80. The Morgan fingerprint density at radius 1 is 1.27 bits per heavy atom. The number of β-amino-alcohol motifs (C(OH)–C–C–N with tert-alkyl or cyclic N) is 1. The number of likely N-dealkylation sites (tertiary alicyclic amines) is 1. The molecule has 4 rings (SSSR count). The highest BCUT2D eigenvalue weighted by Crippen LogP contribution is 2.25. The van der Waals surface area contributed by atoms with E-state index in [0.717, 1.165) is 16.5 Å². The molecule has 3 heterocycles. The number of aliphatic hydroxyl groups excluding tert-OH is 1. The van der Waals surface area contributed by atoms with Gasteiger partial charge in [0.25, 0.3) is 0 Å². The lowest BCUT2D eigenvalue weighted by Gasteiger charge is -2.16. The molecular weight excluding hydrogens is 332 g/mol. The van der Waals surface area contributed by atoms with E-state index in [4.69, 9.17) is 0 Å². The minimum absolute atomic E-state index is 0.00119. The van der Waals surface area contributed by atoms with Crippen LogP contribution >= 0.6 is 0 Å². The van der Waals surface area contributed by atoms with E-state index in [9.17, 15) is 9.90 Å². The summed E-state index contributed by atoms with van der Waals surface area (Å²) in [6, 6.07) is 9.97. The quantitative estimate of drug-likeness (QED) is 0.765. The van der Waals surface area contributed by atoms with Crippen LogP contribution in [0.2, 0.25) is 0 Å². The van der Waals surface area contributed by atoms with Gasteiger partial charge in [0.2, 0.25) is 5.91 Å². The van der Waals surface area contributed by atoms with Crippen LogP contribution in [-0.2, 0) is 17.6 Å². The van der Waals surface area contributed by atoms with Crippen LogP contribution in [0.5, 0.6) is 0 Å². The molecular formula is C19H20N4O3. The summed E-state index contributed by atoms with van der Waals surface area (Å²) >= 11 is 0. The summed E-state index contributed by atoms with van der Waals surface area (Å²) in [4.78, 5) is 18.6. The summed E-state index contributed by atoms with van der Waals surface area (Å²) in [5.41, 5.74) is 3.26. The van der Waals surface area contributed by atoms with Crippen LogP contribution in [0.3, 0.4) is 0 Å². The van der Waals surface area contributed by atoms with Crippen molar-refractivity contribution in [1.29, 1.82) is 0 Å². The van der Waals surface area contributed by atoms with E-state index in [0.29, 0.717) is 30.9 Å². The third-order valence-corrected chi connectivity index (χ3v) is 5.05. The van der Waals surface area contributed by atoms with Gasteiger partial charge in [-0.3, -0.25) is 9.78 Å². The molecule has 7 nitrogen and oxygen atoms in total. The Labute approximate surface area is 150 Å². The van der Waals surface area contributed by atoms with Crippen molar-refractivity contribution < 1.29 is 14.5 Å². The van der Waals surface area contributed by atoms with Gasteiger partial charge in [-0.05, 0) is 31.0 Å². The molecule has 1 aliphatic rings. The van der Waals surface area contributed by atoms with E-state index in [2.05, 4.69) is 19.9 Å². The van der Waals surface area contributed by atoms with Gasteiger partial charge in [-0.15, -0.1) is 0 Å². The highest BCUT2D eigenvalue weighted by molar-refractivity contribution is 5.82. The van der Waals surface area contributed by atoms with Crippen LogP contribution in [0.15, 0.2) is 41.2 Å². The van der Waals surface area contributed by atoms with Crippen LogP contribution < -0.4 is 0 Å². The van der Waals surface area contributed by atoms with Crippen LogP contribution in [0.4, 0.5) is 0 Å². The molecule has 1 N–H and O–H groups in total. The number of amides is 1. The van der Waals surface area contributed by atoms with Gasteiger partial charge in [-0.25, -0.2) is 4.63 Å². The van der Waals surface area contributed by atoms with Gasteiger partial charge in [0.05, 0.1) is 18.0 Å². The summed E-state index contributed by atoms with van der Waals surface area (Å²) in [7, 11) is 0. The molecule has 3 aromatic rings. The van der Waals surface area contributed by atoms with Crippen molar-refractivity contribution in [2.45, 2.75) is 25.9 Å². The number of pyridine rings is 1. The monoisotopic (exact) mass is 352 g/mol. The summed E-state index contributed by atoms with van der Waals surface area (Å²) in [5.74, 6) is -0.0637. The molecule has 0 bridgehead atoms. The van der Waals surface area contributed by atoms with E-state index < -0.39 is 6.10 Å². The zero-order valence-electron chi connectivity index (χ0n) is 14.5. The predicted molar refractivity (Wildman–Crippen MR) is 94.3 cm³/mol. The van der Waals surface area contributed by atoms with Gasteiger partial charge in [0.1, 0.15) is 11.4 Å².